The molecule has 0 saturated carbocycles. The molecule has 3 atom stereocenters. The minimum atomic E-state index is -0.428. The van der Waals surface area contributed by atoms with Crippen molar-refractivity contribution in [2.24, 2.45) is 11.7 Å². The molecule has 0 aromatic rings. The summed E-state index contributed by atoms with van der Waals surface area (Å²) in [6.07, 6.45) is 1.45. The van der Waals surface area contributed by atoms with Crippen molar-refractivity contribution in [1.82, 2.24) is 5.32 Å². The Kier molecular flexibility index (Phi) is 4.35. The van der Waals surface area contributed by atoms with Crippen LogP contribution in [0.2, 0.25) is 0 Å². The number of hydrogen-bond donors (Lipinski definition) is 2. The molecule has 0 radical (unpaired) electrons. The Morgan fingerprint density at radius 1 is 1.71 bits per heavy atom. The van der Waals surface area contributed by atoms with E-state index in [0.717, 1.165) is 19.5 Å². The number of carbonyl (C=O) groups excluding carboxylic acids is 1. The number of nitrogens with two attached hydrogens (primary N) is 1. The molecule has 1 rings (SSSR count). The van der Waals surface area contributed by atoms with Gasteiger partial charge in [0.05, 0.1) is 6.10 Å². The quantitative estimate of drug-likeness (QED) is 0.684. The van der Waals surface area contributed by atoms with E-state index in [1.807, 2.05) is 6.92 Å². The van der Waals surface area contributed by atoms with Crippen LogP contribution in [0.4, 0.5) is 0 Å². The van der Waals surface area contributed by atoms with E-state index in [0.29, 0.717) is 12.3 Å². The van der Waals surface area contributed by atoms with Gasteiger partial charge in [-0.3, -0.25) is 4.79 Å². The van der Waals surface area contributed by atoms with Crippen LogP contribution in [0.3, 0.4) is 0 Å². The molecule has 14 heavy (non-hydrogen) atoms. The van der Waals surface area contributed by atoms with Crippen LogP contribution in [0.1, 0.15) is 26.7 Å². The van der Waals surface area contributed by atoms with Crippen LogP contribution in [0.5, 0.6) is 0 Å². The second kappa shape index (κ2) is 5.32. The molecule has 1 aliphatic rings. The average Bonchev–Trinajstić information content (AvgIpc) is 2.16. The lowest BCUT2D eigenvalue weighted by Crippen LogP contribution is -2.45. The predicted molar refractivity (Wildman–Crippen MR) is 54.8 cm³/mol. The van der Waals surface area contributed by atoms with Crippen LogP contribution in [0, 0.1) is 5.92 Å². The van der Waals surface area contributed by atoms with Gasteiger partial charge in [0.15, 0.2) is 0 Å². The van der Waals surface area contributed by atoms with E-state index < -0.39 is 6.10 Å². The Hall–Kier alpha value is -0.610. The van der Waals surface area contributed by atoms with Crippen molar-refractivity contribution in [2.45, 2.75) is 38.9 Å². The second-order valence-electron chi connectivity index (χ2n) is 3.94. The summed E-state index contributed by atoms with van der Waals surface area (Å²) in [4.78, 5) is 11.0. The molecule has 1 aliphatic heterocycles. The zero-order valence-electron chi connectivity index (χ0n) is 8.95. The molecule has 0 spiro atoms. The van der Waals surface area contributed by atoms with Gasteiger partial charge in [-0.05, 0) is 25.3 Å². The summed E-state index contributed by atoms with van der Waals surface area (Å²) >= 11 is 0. The molecule has 0 aliphatic carbocycles. The number of piperidine rings is 1. The molecule has 82 valence electrons. The molecule has 0 aromatic heterocycles. The summed E-state index contributed by atoms with van der Waals surface area (Å²) < 4.78 is 5.68. The fraction of sp³-hybridized carbons (Fsp3) is 0.900. The standard InChI is InChI=1S/C10H20N2O2/c1-3-8(10(11)13)14-9-6-12-5-4-7(9)2/h7-9,12H,3-6H2,1-2H3,(H2,11,13). The van der Waals surface area contributed by atoms with Gasteiger partial charge >= 0.3 is 0 Å². The molecule has 3 N–H and O–H groups in total. The highest BCUT2D eigenvalue weighted by molar-refractivity contribution is 5.78. The van der Waals surface area contributed by atoms with E-state index in [-0.39, 0.29) is 12.0 Å². The van der Waals surface area contributed by atoms with Crippen molar-refractivity contribution < 1.29 is 9.53 Å². The summed E-state index contributed by atoms with van der Waals surface area (Å²) in [7, 11) is 0. The Balaban J connectivity index is 2.43. The fourth-order valence-electron chi connectivity index (χ4n) is 1.72. The smallest absolute Gasteiger partial charge is 0.246 e. The molecule has 1 amide bonds. The van der Waals surface area contributed by atoms with Gasteiger partial charge in [-0.25, -0.2) is 0 Å². The van der Waals surface area contributed by atoms with Gasteiger partial charge in [0.25, 0.3) is 0 Å². The lowest BCUT2D eigenvalue weighted by atomic mass is 9.97. The van der Waals surface area contributed by atoms with E-state index in [9.17, 15) is 4.79 Å². The summed E-state index contributed by atoms with van der Waals surface area (Å²) in [5.74, 6) is 0.148. The van der Waals surface area contributed by atoms with Crippen LogP contribution >= 0.6 is 0 Å². The molecule has 1 fully saturated rings. The van der Waals surface area contributed by atoms with Crippen molar-refractivity contribution in [3.05, 3.63) is 0 Å². The fourth-order valence-corrected chi connectivity index (χ4v) is 1.72. The first-order valence-corrected chi connectivity index (χ1v) is 5.30. The number of amides is 1. The number of primary amides is 1. The monoisotopic (exact) mass is 200 g/mol. The highest BCUT2D eigenvalue weighted by Gasteiger charge is 2.26. The van der Waals surface area contributed by atoms with Crippen molar-refractivity contribution in [2.75, 3.05) is 13.1 Å². The van der Waals surface area contributed by atoms with E-state index in [4.69, 9.17) is 10.5 Å². The van der Waals surface area contributed by atoms with Crippen molar-refractivity contribution >= 4 is 5.91 Å². The first-order chi connectivity index (χ1) is 6.65. The lowest BCUT2D eigenvalue weighted by molar-refractivity contribution is -0.136. The minimum Gasteiger partial charge on any atom is -0.367 e. The molecule has 4 nitrogen and oxygen atoms in total. The third-order valence-corrected chi connectivity index (χ3v) is 2.78. The average molecular weight is 200 g/mol. The molecule has 1 heterocycles. The normalized spacial score (nSPS) is 29.9. The van der Waals surface area contributed by atoms with Gasteiger partial charge in [0, 0.05) is 6.54 Å². The molecule has 3 unspecified atom stereocenters. The number of carbonyl (C=O) groups is 1. The molecule has 0 bridgehead atoms. The first kappa shape index (κ1) is 11.5. The Morgan fingerprint density at radius 2 is 2.43 bits per heavy atom. The van der Waals surface area contributed by atoms with E-state index in [2.05, 4.69) is 12.2 Å². The lowest BCUT2D eigenvalue weighted by Gasteiger charge is -2.31. The van der Waals surface area contributed by atoms with Crippen LogP contribution < -0.4 is 11.1 Å². The molecular formula is C10H20N2O2. The topological polar surface area (TPSA) is 64.3 Å². The summed E-state index contributed by atoms with van der Waals surface area (Å²) in [5.41, 5.74) is 5.23. The van der Waals surface area contributed by atoms with Crippen molar-refractivity contribution in [3.63, 3.8) is 0 Å². The van der Waals surface area contributed by atoms with E-state index in [1.54, 1.807) is 0 Å². The zero-order valence-corrected chi connectivity index (χ0v) is 8.95. The predicted octanol–water partition coefficient (Wildman–Crippen LogP) is 0.265. The summed E-state index contributed by atoms with van der Waals surface area (Å²) in [6.45, 7) is 5.93. The maximum atomic E-state index is 11.0. The van der Waals surface area contributed by atoms with Gasteiger partial charge in [0.2, 0.25) is 5.91 Å². The van der Waals surface area contributed by atoms with Crippen LogP contribution in [-0.2, 0) is 9.53 Å². The van der Waals surface area contributed by atoms with Gasteiger partial charge in [-0.15, -0.1) is 0 Å². The van der Waals surface area contributed by atoms with Crippen LogP contribution in [0.25, 0.3) is 0 Å². The minimum absolute atomic E-state index is 0.126. The highest BCUT2D eigenvalue weighted by Crippen LogP contribution is 2.17. The number of ether oxygens (including phenoxy) is 1. The van der Waals surface area contributed by atoms with Crippen LogP contribution in [0.15, 0.2) is 0 Å². The third kappa shape index (κ3) is 2.96. The van der Waals surface area contributed by atoms with Crippen molar-refractivity contribution in [1.29, 1.82) is 0 Å². The van der Waals surface area contributed by atoms with Crippen molar-refractivity contribution in [3.8, 4) is 0 Å². The SMILES string of the molecule is CCC(OC1CNCCC1C)C(N)=O. The third-order valence-electron chi connectivity index (χ3n) is 2.78. The van der Waals surface area contributed by atoms with Gasteiger partial charge < -0.3 is 15.8 Å². The number of nitrogens with one attached hydrogen (secondary N) is 1. The molecule has 0 aromatic carbocycles. The zero-order chi connectivity index (χ0) is 10.6. The van der Waals surface area contributed by atoms with E-state index >= 15 is 0 Å². The van der Waals surface area contributed by atoms with Gasteiger partial charge in [-0.2, -0.15) is 0 Å². The van der Waals surface area contributed by atoms with Gasteiger partial charge in [0.1, 0.15) is 6.10 Å². The maximum absolute atomic E-state index is 11.0. The van der Waals surface area contributed by atoms with E-state index in [1.165, 1.54) is 0 Å². The second-order valence-corrected chi connectivity index (χ2v) is 3.94. The highest BCUT2D eigenvalue weighted by atomic mass is 16.5. The molecule has 1 saturated heterocycles. The number of rotatable bonds is 4. The maximum Gasteiger partial charge on any atom is 0.246 e. The Morgan fingerprint density at radius 3 is 2.93 bits per heavy atom. The van der Waals surface area contributed by atoms with Gasteiger partial charge in [-0.1, -0.05) is 13.8 Å². The Bertz CT molecular complexity index is 197. The molecular weight excluding hydrogens is 180 g/mol. The molecule has 4 heteroatoms. The largest absolute Gasteiger partial charge is 0.367 e. The summed E-state index contributed by atoms with van der Waals surface area (Å²) in [6, 6.07) is 0. The van der Waals surface area contributed by atoms with Crippen LogP contribution in [-0.4, -0.2) is 31.2 Å². The first-order valence-electron chi connectivity index (χ1n) is 5.30. The Labute approximate surface area is 85.2 Å². The summed E-state index contributed by atoms with van der Waals surface area (Å²) in [5, 5.41) is 3.26. The number of hydrogen-bond acceptors (Lipinski definition) is 3.